The van der Waals surface area contributed by atoms with E-state index in [1.807, 2.05) is 12.1 Å². The van der Waals surface area contributed by atoms with Gasteiger partial charge in [0.1, 0.15) is 5.75 Å². The topological polar surface area (TPSA) is 35.2 Å². The maximum Gasteiger partial charge on any atom is 0.119 e. The zero-order valence-corrected chi connectivity index (χ0v) is 9.70. The molecule has 2 N–H and O–H groups in total. The minimum absolute atomic E-state index is 0.599. The van der Waals surface area contributed by atoms with Crippen molar-refractivity contribution in [3.63, 3.8) is 0 Å². The molecular weight excluding hydrogens is 186 g/mol. The number of hydrogen-bond acceptors (Lipinski definition) is 2. The molecule has 0 bridgehead atoms. The van der Waals surface area contributed by atoms with Crippen LogP contribution in [0.3, 0.4) is 0 Å². The Labute approximate surface area is 92.4 Å². The van der Waals surface area contributed by atoms with Crippen LogP contribution >= 0.6 is 0 Å². The second-order valence-corrected chi connectivity index (χ2v) is 3.95. The predicted molar refractivity (Wildman–Crippen MR) is 64.2 cm³/mol. The Morgan fingerprint density at radius 1 is 1.40 bits per heavy atom. The zero-order chi connectivity index (χ0) is 11.1. The Kier molecular flexibility index (Phi) is 5.19. The summed E-state index contributed by atoms with van der Waals surface area (Å²) >= 11 is 0. The molecule has 1 aromatic rings. The number of nitrogens with two attached hydrogens (primary N) is 1. The second kappa shape index (κ2) is 6.46. The van der Waals surface area contributed by atoms with E-state index in [2.05, 4.69) is 19.1 Å². The molecule has 0 heterocycles. The molecule has 1 atom stereocenters. The van der Waals surface area contributed by atoms with Crippen molar-refractivity contribution in [3.05, 3.63) is 29.8 Å². The van der Waals surface area contributed by atoms with Crippen LogP contribution < -0.4 is 10.5 Å². The Bertz CT molecular complexity index is 286. The van der Waals surface area contributed by atoms with E-state index in [4.69, 9.17) is 10.5 Å². The van der Waals surface area contributed by atoms with Crippen LogP contribution in [0, 0.1) is 5.92 Å². The normalized spacial score (nSPS) is 12.5. The Morgan fingerprint density at radius 2 is 2.20 bits per heavy atom. The van der Waals surface area contributed by atoms with Gasteiger partial charge in [0.05, 0.1) is 7.11 Å². The third kappa shape index (κ3) is 3.92. The summed E-state index contributed by atoms with van der Waals surface area (Å²) in [7, 11) is 1.70. The van der Waals surface area contributed by atoms with Gasteiger partial charge in [0.15, 0.2) is 0 Å². The molecule has 0 amide bonds. The third-order valence-corrected chi connectivity index (χ3v) is 2.69. The molecule has 15 heavy (non-hydrogen) atoms. The van der Waals surface area contributed by atoms with Crippen LogP contribution in [-0.2, 0) is 6.42 Å². The molecule has 0 spiro atoms. The first-order valence-corrected chi connectivity index (χ1v) is 5.63. The summed E-state index contributed by atoms with van der Waals surface area (Å²) in [6.45, 7) is 2.97. The minimum Gasteiger partial charge on any atom is -0.497 e. The smallest absolute Gasteiger partial charge is 0.119 e. The van der Waals surface area contributed by atoms with Crippen LogP contribution in [0.5, 0.6) is 5.75 Å². The van der Waals surface area contributed by atoms with Gasteiger partial charge in [-0.15, -0.1) is 0 Å². The van der Waals surface area contributed by atoms with Crippen molar-refractivity contribution in [2.75, 3.05) is 13.7 Å². The van der Waals surface area contributed by atoms with Gasteiger partial charge in [0.2, 0.25) is 0 Å². The van der Waals surface area contributed by atoms with E-state index in [0.29, 0.717) is 5.92 Å². The highest BCUT2D eigenvalue weighted by atomic mass is 16.5. The number of benzene rings is 1. The lowest BCUT2D eigenvalue weighted by atomic mass is 9.95. The molecule has 2 heteroatoms. The molecule has 0 aliphatic heterocycles. The van der Waals surface area contributed by atoms with Crippen LogP contribution in [0.25, 0.3) is 0 Å². The van der Waals surface area contributed by atoms with Crippen molar-refractivity contribution >= 4 is 0 Å². The molecule has 0 aliphatic carbocycles. The standard InChI is InChI=1S/C13H21NO/c1-3-5-12(10-14)8-11-6-4-7-13(9-11)15-2/h4,6-7,9,12H,3,5,8,10,14H2,1-2H3. The second-order valence-electron chi connectivity index (χ2n) is 3.95. The molecule has 2 nitrogen and oxygen atoms in total. The van der Waals surface area contributed by atoms with Gasteiger partial charge in [-0.3, -0.25) is 0 Å². The van der Waals surface area contributed by atoms with Gasteiger partial charge in [-0.05, 0) is 43.0 Å². The fourth-order valence-electron chi connectivity index (χ4n) is 1.84. The van der Waals surface area contributed by atoms with E-state index in [-0.39, 0.29) is 0 Å². The molecule has 0 aromatic heterocycles. The summed E-state index contributed by atoms with van der Waals surface area (Å²) < 4.78 is 5.20. The van der Waals surface area contributed by atoms with Gasteiger partial charge in [0, 0.05) is 0 Å². The minimum atomic E-state index is 0.599. The number of rotatable bonds is 6. The highest BCUT2D eigenvalue weighted by Crippen LogP contribution is 2.17. The molecule has 1 rings (SSSR count). The van der Waals surface area contributed by atoms with E-state index >= 15 is 0 Å². The molecule has 0 saturated carbocycles. The van der Waals surface area contributed by atoms with E-state index in [9.17, 15) is 0 Å². The number of methoxy groups -OCH3 is 1. The predicted octanol–water partition coefficient (Wildman–Crippen LogP) is 2.61. The molecular formula is C13H21NO. The van der Waals surface area contributed by atoms with Crippen molar-refractivity contribution in [2.45, 2.75) is 26.2 Å². The summed E-state index contributed by atoms with van der Waals surface area (Å²) in [5.74, 6) is 1.53. The Balaban J connectivity index is 2.61. The quantitative estimate of drug-likeness (QED) is 0.778. The van der Waals surface area contributed by atoms with E-state index in [0.717, 1.165) is 18.7 Å². The van der Waals surface area contributed by atoms with Crippen LogP contribution in [0.2, 0.25) is 0 Å². The third-order valence-electron chi connectivity index (χ3n) is 2.69. The Morgan fingerprint density at radius 3 is 2.80 bits per heavy atom. The van der Waals surface area contributed by atoms with Crippen molar-refractivity contribution in [3.8, 4) is 5.75 Å². The average Bonchev–Trinajstić information content (AvgIpc) is 2.29. The van der Waals surface area contributed by atoms with E-state index in [1.54, 1.807) is 7.11 Å². The van der Waals surface area contributed by atoms with Crippen LogP contribution in [0.4, 0.5) is 0 Å². The molecule has 1 aromatic carbocycles. The molecule has 84 valence electrons. The van der Waals surface area contributed by atoms with E-state index < -0.39 is 0 Å². The van der Waals surface area contributed by atoms with Gasteiger partial charge in [-0.2, -0.15) is 0 Å². The lowest BCUT2D eigenvalue weighted by Gasteiger charge is -2.13. The fourth-order valence-corrected chi connectivity index (χ4v) is 1.84. The SMILES string of the molecule is CCCC(CN)Cc1cccc(OC)c1. The number of hydrogen-bond donors (Lipinski definition) is 1. The van der Waals surface area contributed by atoms with Gasteiger partial charge in [0.25, 0.3) is 0 Å². The summed E-state index contributed by atoms with van der Waals surface area (Å²) in [6, 6.07) is 8.24. The van der Waals surface area contributed by atoms with Crippen molar-refractivity contribution in [2.24, 2.45) is 11.7 Å². The van der Waals surface area contributed by atoms with Crippen molar-refractivity contribution in [1.29, 1.82) is 0 Å². The summed E-state index contributed by atoms with van der Waals surface area (Å²) in [5.41, 5.74) is 7.06. The molecule has 0 aliphatic rings. The first-order valence-electron chi connectivity index (χ1n) is 5.63. The number of ether oxygens (including phenoxy) is 1. The maximum atomic E-state index is 5.75. The summed E-state index contributed by atoms with van der Waals surface area (Å²) in [5, 5.41) is 0. The molecule has 0 radical (unpaired) electrons. The van der Waals surface area contributed by atoms with Crippen LogP contribution in [0.1, 0.15) is 25.3 Å². The Hall–Kier alpha value is -1.02. The first kappa shape index (κ1) is 12.1. The molecule has 0 saturated heterocycles. The van der Waals surface area contributed by atoms with Crippen LogP contribution in [-0.4, -0.2) is 13.7 Å². The van der Waals surface area contributed by atoms with Gasteiger partial charge in [-0.25, -0.2) is 0 Å². The molecule has 0 fully saturated rings. The highest BCUT2D eigenvalue weighted by Gasteiger charge is 2.07. The largest absolute Gasteiger partial charge is 0.497 e. The summed E-state index contributed by atoms with van der Waals surface area (Å²) in [4.78, 5) is 0. The maximum absolute atomic E-state index is 5.75. The monoisotopic (exact) mass is 207 g/mol. The van der Waals surface area contributed by atoms with E-state index in [1.165, 1.54) is 18.4 Å². The fraction of sp³-hybridized carbons (Fsp3) is 0.538. The lowest BCUT2D eigenvalue weighted by molar-refractivity contribution is 0.413. The van der Waals surface area contributed by atoms with Crippen molar-refractivity contribution in [1.82, 2.24) is 0 Å². The van der Waals surface area contributed by atoms with Gasteiger partial charge >= 0.3 is 0 Å². The molecule has 1 unspecified atom stereocenters. The summed E-state index contributed by atoms with van der Waals surface area (Å²) in [6.07, 6.45) is 3.46. The van der Waals surface area contributed by atoms with Gasteiger partial charge < -0.3 is 10.5 Å². The lowest BCUT2D eigenvalue weighted by Crippen LogP contribution is -2.16. The average molecular weight is 207 g/mol. The first-order chi connectivity index (χ1) is 7.30. The highest BCUT2D eigenvalue weighted by molar-refractivity contribution is 5.28. The van der Waals surface area contributed by atoms with Gasteiger partial charge in [-0.1, -0.05) is 25.5 Å². The van der Waals surface area contributed by atoms with Crippen LogP contribution in [0.15, 0.2) is 24.3 Å². The van der Waals surface area contributed by atoms with Crippen molar-refractivity contribution < 1.29 is 4.74 Å². The zero-order valence-electron chi connectivity index (χ0n) is 9.70.